The van der Waals surface area contributed by atoms with Crippen LogP contribution in [0.2, 0.25) is 0 Å². The van der Waals surface area contributed by atoms with Crippen LogP contribution in [0.5, 0.6) is 0 Å². The molecule has 3 rings (SSSR count). The molecule has 2 nitrogen and oxygen atoms in total. The Morgan fingerprint density at radius 3 is 2.67 bits per heavy atom. The van der Waals surface area contributed by atoms with E-state index in [0.29, 0.717) is 0 Å². The third kappa shape index (κ3) is 2.98. The Labute approximate surface area is 124 Å². The molecule has 3 aliphatic heterocycles. The second-order valence-corrected chi connectivity index (χ2v) is 6.07. The van der Waals surface area contributed by atoms with Gasteiger partial charge in [0.15, 0.2) is 0 Å². The lowest BCUT2D eigenvalue weighted by Gasteiger charge is -2.55. The fourth-order valence-electron chi connectivity index (χ4n) is 4.46. The van der Waals surface area contributed by atoms with E-state index in [4.69, 9.17) is 0 Å². The number of hydrogen-bond acceptors (Lipinski definition) is 2. The van der Waals surface area contributed by atoms with Gasteiger partial charge < -0.3 is 5.32 Å². The van der Waals surface area contributed by atoms with E-state index in [2.05, 4.69) is 17.1 Å². The van der Waals surface area contributed by atoms with Crippen molar-refractivity contribution in [3.05, 3.63) is 0 Å². The van der Waals surface area contributed by atoms with E-state index in [1.807, 2.05) is 0 Å². The molecule has 108 valence electrons. The van der Waals surface area contributed by atoms with Gasteiger partial charge in [-0.3, -0.25) is 4.90 Å². The highest BCUT2D eigenvalue weighted by Crippen LogP contribution is 2.40. The van der Waals surface area contributed by atoms with E-state index in [9.17, 15) is 0 Å². The Morgan fingerprint density at radius 2 is 1.89 bits per heavy atom. The van der Waals surface area contributed by atoms with Gasteiger partial charge in [-0.2, -0.15) is 0 Å². The zero-order valence-corrected chi connectivity index (χ0v) is 13.1. The lowest BCUT2D eigenvalue weighted by atomic mass is 9.72. The number of piperidine rings is 3. The maximum atomic E-state index is 3.68. The van der Waals surface area contributed by atoms with Crippen LogP contribution in [0.1, 0.15) is 45.4 Å². The molecule has 3 saturated heterocycles. The topological polar surface area (TPSA) is 15.3 Å². The van der Waals surface area contributed by atoms with Crippen LogP contribution in [0.25, 0.3) is 0 Å². The number of hydrogen-bond donors (Lipinski definition) is 1. The van der Waals surface area contributed by atoms with E-state index >= 15 is 0 Å². The molecule has 3 aliphatic rings. The second-order valence-electron chi connectivity index (χ2n) is 6.07. The van der Waals surface area contributed by atoms with Gasteiger partial charge >= 0.3 is 0 Å². The van der Waals surface area contributed by atoms with Crippen LogP contribution < -0.4 is 5.32 Å². The van der Waals surface area contributed by atoms with Crippen LogP contribution in [-0.2, 0) is 0 Å². The predicted octanol–water partition coefficient (Wildman–Crippen LogP) is 3.09. The number of nitrogens with one attached hydrogen (secondary N) is 1. The first-order chi connectivity index (χ1) is 7.90. The highest BCUT2D eigenvalue weighted by atomic mass is 35.5. The third-order valence-corrected chi connectivity index (χ3v) is 5.11. The van der Waals surface area contributed by atoms with Crippen LogP contribution in [0, 0.1) is 11.8 Å². The van der Waals surface area contributed by atoms with Crippen molar-refractivity contribution in [3.63, 3.8) is 0 Å². The first-order valence-corrected chi connectivity index (χ1v) is 7.36. The molecule has 0 radical (unpaired) electrons. The van der Waals surface area contributed by atoms with Gasteiger partial charge in [0.1, 0.15) is 0 Å². The highest BCUT2D eigenvalue weighted by Gasteiger charge is 2.44. The Balaban J connectivity index is 0.000000810. The third-order valence-electron chi connectivity index (χ3n) is 5.11. The van der Waals surface area contributed by atoms with Crippen molar-refractivity contribution in [3.8, 4) is 0 Å². The Bertz CT molecular complexity index is 248. The van der Waals surface area contributed by atoms with E-state index in [0.717, 1.165) is 23.9 Å². The molecule has 1 N–H and O–H groups in total. The van der Waals surface area contributed by atoms with Crippen molar-refractivity contribution >= 4 is 24.8 Å². The first-order valence-electron chi connectivity index (χ1n) is 7.36. The maximum Gasteiger partial charge on any atom is 0.0139 e. The summed E-state index contributed by atoms with van der Waals surface area (Å²) >= 11 is 0. The normalized spacial score (nSPS) is 39.2. The molecule has 0 unspecified atom stereocenters. The van der Waals surface area contributed by atoms with Gasteiger partial charge in [-0.1, -0.05) is 19.8 Å². The van der Waals surface area contributed by atoms with Crippen molar-refractivity contribution in [1.82, 2.24) is 10.2 Å². The molecule has 18 heavy (non-hydrogen) atoms. The summed E-state index contributed by atoms with van der Waals surface area (Å²) in [5.74, 6) is 1.92. The van der Waals surface area contributed by atoms with Crippen LogP contribution in [0.4, 0.5) is 0 Å². The van der Waals surface area contributed by atoms with Gasteiger partial charge in [-0.15, -0.1) is 24.8 Å². The molecule has 0 aliphatic carbocycles. The van der Waals surface area contributed by atoms with Gasteiger partial charge in [-0.25, -0.2) is 0 Å². The van der Waals surface area contributed by atoms with Crippen molar-refractivity contribution < 1.29 is 0 Å². The van der Waals surface area contributed by atoms with Crippen molar-refractivity contribution in [2.45, 2.75) is 57.5 Å². The van der Waals surface area contributed by atoms with Crippen molar-refractivity contribution in [1.29, 1.82) is 0 Å². The standard InChI is InChI=1S/C14H26N2.2ClH/c1-2-5-13-11-8-12(10-15-9-11)14-6-3-4-7-16(13)14;;/h11-15H,2-10H2,1H3;2*1H/t11-,12+,13-,14-;;/m0../s1. The minimum Gasteiger partial charge on any atom is -0.316 e. The molecule has 0 saturated carbocycles. The first kappa shape index (κ1) is 16.6. The number of nitrogens with zero attached hydrogens (tertiary/aromatic N) is 1. The minimum atomic E-state index is 0. The molecular weight excluding hydrogens is 267 g/mol. The van der Waals surface area contributed by atoms with Crippen LogP contribution in [0.3, 0.4) is 0 Å². The maximum absolute atomic E-state index is 3.68. The average Bonchev–Trinajstić information content (AvgIpc) is 2.35. The lowest BCUT2D eigenvalue weighted by Crippen LogP contribution is -2.62. The van der Waals surface area contributed by atoms with Crippen molar-refractivity contribution in [2.24, 2.45) is 11.8 Å². The average molecular weight is 295 g/mol. The molecule has 0 aromatic heterocycles. The molecule has 4 heteroatoms. The summed E-state index contributed by atoms with van der Waals surface area (Å²) in [6.45, 7) is 6.31. The van der Waals surface area contributed by atoms with E-state index in [-0.39, 0.29) is 24.8 Å². The highest BCUT2D eigenvalue weighted by molar-refractivity contribution is 5.85. The molecule has 3 heterocycles. The van der Waals surface area contributed by atoms with E-state index in [1.54, 1.807) is 0 Å². The van der Waals surface area contributed by atoms with E-state index in [1.165, 1.54) is 58.2 Å². The smallest absolute Gasteiger partial charge is 0.0139 e. The molecule has 0 aromatic rings. The molecule has 2 bridgehead atoms. The number of rotatable bonds is 2. The van der Waals surface area contributed by atoms with E-state index < -0.39 is 0 Å². The zero-order chi connectivity index (χ0) is 11.0. The molecule has 0 aromatic carbocycles. The van der Waals surface area contributed by atoms with Crippen LogP contribution in [0.15, 0.2) is 0 Å². The summed E-state index contributed by atoms with van der Waals surface area (Å²) in [5.41, 5.74) is 0. The lowest BCUT2D eigenvalue weighted by molar-refractivity contribution is -0.0417. The molecule has 4 atom stereocenters. The number of halogens is 2. The van der Waals surface area contributed by atoms with Gasteiger partial charge in [-0.05, 0) is 57.2 Å². The monoisotopic (exact) mass is 294 g/mol. The summed E-state index contributed by atoms with van der Waals surface area (Å²) < 4.78 is 0. The second kappa shape index (κ2) is 7.33. The fourth-order valence-corrected chi connectivity index (χ4v) is 4.46. The SMILES string of the molecule is CCC[C@H]1[C@@H]2CNC[C@@H](C2)[C@@H]2CCCCN12.Cl.Cl. The van der Waals surface area contributed by atoms with Gasteiger partial charge in [0, 0.05) is 12.1 Å². The van der Waals surface area contributed by atoms with Crippen molar-refractivity contribution in [2.75, 3.05) is 19.6 Å². The van der Waals surface area contributed by atoms with Gasteiger partial charge in [0.05, 0.1) is 0 Å². The minimum absolute atomic E-state index is 0. The molecule has 0 spiro atoms. The Kier molecular flexibility index (Phi) is 6.74. The summed E-state index contributed by atoms with van der Waals surface area (Å²) in [6, 6.07) is 1.83. The number of fused-ring (bicyclic) bond motifs is 4. The quantitative estimate of drug-likeness (QED) is 0.842. The van der Waals surface area contributed by atoms with Gasteiger partial charge in [0.25, 0.3) is 0 Å². The predicted molar refractivity (Wildman–Crippen MR) is 82.0 cm³/mol. The van der Waals surface area contributed by atoms with Crippen LogP contribution >= 0.6 is 24.8 Å². The summed E-state index contributed by atoms with van der Waals surface area (Å²) in [4.78, 5) is 2.91. The fraction of sp³-hybridized carbons (Fsp3) is 1.00. The molecule has 0 amide bonds. The summed E-state index contributed by atoms with van der Waals surface area (Å²) in [7, 11) is 0. The summed E-state index contributed by atoms with van der Waals surface area (Å²) in [6.07, 6.45) is 8.69. The largest absolute Gasteiger partial charge is 0.316 e. The van der Waals surface area contributed by atoms with Crippen LogP contribution in [-0.4, -0.2) is 36.6 Å². The zero-order valence-electron chi connectivity index (χ0n) is 11.4. The van der Waals surface area contributed by atoms with Gasteiger partial charge in [0.2, 0.25) is 0 Å². The Hall–Kier alpha value is 0.500. The molecular formula is C14H28Cl2N2. The summed E-state index contributed by atoms with van der Waals surface area (Å²) in [5, 5.41) is 3.68. The molecule has 3 fully saturated rings. The Morgan fingerprint density at radius 1 is 1.11 bits per heavy atom.